The van der Waals surface area contributed by atoms with Crippen LogP contribution < -0.4 is 0 Å². The molecule has 1 aliphatic carbocycles. The number of carbonyl (C=O) groups excluding carboxylic acids is 1. The second kappa shape index (κ2) is 10.3. The fourth-order valence-electron chi connectivity index (χ4n) is 4.58. The van der Waals surface area contributed by atoms with Gasteiger partial charge in [-0.2, -0.15) is 0 Å². The van der Waals surface area contributed by atoms with Crippen molar-refractivity contribution in [3.05, 3.63) is 46.0 Å². The molecule has 2 fully saturated rings. The Balaban J connectivity index is 1.24. The van der Waals surface area contributed by atoms with Crippen LogP contribution in [0.4, 0.5) is 0 Å². The molecule has 2 heterocycles. The number of piperazine rings is 1. The van der Waals surface area contributed by atoms with Gasteiger partial charge in [-0.25, -0.2) is 4.98 Å². The van der Waals surface area contributed by atoms with Gasteiger partial charge in [0.05, 0.1) is 12.1 Å². The van der Waals surface area contributed by atoms with Crippen molar-refractivity contribution in [1.82, 2.24) is 14.8 Å². The summed E-state index contributed by atoms with van der Waals surface area (Å²) < 4.78 is 1.06. The van der Waals surface area contributed by atoms with Crippen molar-refractivity contribution in [2.24, 2.45) is 0 Å². The second-order valence-corrected chi connectivity index (χ2v) is 10.8. The molecular formula is C24H33N3OS2. The Kier molecular flexibility index (Phi) is 7.50. The van der Waals surface area contributed by atoms with Crippen LogP contribution in [0.1, 0.15) is 54.5 Å². The van der Waals surface area contributed by atoms with E-state index in [9.17, 15) is 4.79 Å². The van der Waals surface area contributed by atoms with Gasteiger partial charge in [-0.3, -0.25) is 9.69 Å². The first-order valence-corrected chi connectivity index (χ1v) is 13.1. The topological polar surface area (TPSA) is 36.4 Å². The number of amides is 1. The Labute approximate surface area is 189 Å². The fourth-order valence-corrected chi connectivity index (χ4v) is 6.49. The van der Waals surface area contributed by atoms with Crippen molar-refractivity contribution in [1.29, 1.82) is 0 Å². The molecule has 2 aromatic rings. The van der Waals surface area contributed by atoms with Gasteiger partial charge >= 0.3 is 0 Å². The first kappa shape index (κ1) is 21.8. The van der Waals surface area contributed by atoms with Crippen LogP contribution in [-0.4, -0.2) is 52.9 Å². The van der Waals surface area contributed by atoms with Crippen LogP contribution in [0.15, 0.2) is 27.9 Å². The van der Waals surface area contributed by atoms with Gasteiger partial charge in [0.2, 0.25) is 5.91 Å². The van der Waals surface area contributed by atoms with Crippen LogP contribution in [0, 0.1) is 13.8 Å². The Morgan fingerprint density at radius 2 is 1.90 bits per heavy atom. The molecule has 162 valence electrons. The molecule has 1 saturated heterocycles. The standard InChI is InChI=1S/C24H33N3OS2/c1-18-8-9-19(2)20(14-18)16-29-24-25-21(17-30-24)15-23(28)27-12-10-26(11-13-27)22-6-4-3-5-7-22/h8-9,14,17,22H,3-7,10-13,15-16H2,1-2H3. The van der Waals surface area contributed by atoms with E-state index in [1.54, 1.807) is 23.1 Å². The van der Waals surface area contributed by atoms with Crippen LogP contribution in [0.5, 0.6) is 0 Å². The Hall–Kier alpha value is -1.37. The van der Waals surface area contributed by atoms with Gasteiger partial charge in [0, 0.05) is 43.4 Å². The van der Waals surface area contributed by atoms with Gasteiger partial charge in [-0.1, -0.05) is 54.8 Å². The smallest absolute Gasteiger partial charge is 0.228 e. The van der Waals surface area contributed by atoms with E-state index in [-0.39, 0.29) is 5.91 Å². The van der Waals surface area contributed by atoms with Crippen molar-refractivity contribution in [2.75, 3.05) is 26.2 Å². The summed E-state index contributed by atoms with van der Waals surface area (Å²) in [6.07, 6.45) is 7.26. The van der Waals surface area contributed by atoms with E-state index in [1.807, 2.05) is 4.90 Å². The molecule has 0 N–H and O–H groups in total. The molecule has 4 nitrogen and oxygen atoms in total. The molecule has 6 heteroatoms. The average Bonchev–Trinajstić information content (AvgIpc) is 3.22. The number of hydrogen-bond donors (Lipinski definition) is 0. The van der Waals surface area contributed by atoms with Crippen LogP contribution in [0.3, 0.4) is 0 Å². The Morgan fingerprint density at radius 3 is 2.67 bits per heavy atom. The number of carbonyl (C=O) groups is 1. The molecule has 1 amide bonds. The third-order valence-corrected chi connectivity index (χ3v) is 8.60. The third kappa shape index (κ3) is 5.65. The highest BCUT2D eigenvalue weighted by atomic mass is 32.2. The lowest BCUT2D eigenvalue weighted by Crippen LogP contribution is -2.52. The fraction of sp³-hybridized carbons (Fsp3) is 0.583. The summed E-state index contributed by atoms with van der Waals surface area (Å²) in [6.45, 7) is 8.10. The second-order valence-electron chi connectivity index (χ2n) is 8.71. The molecule has 0 radical (unpaired) electrons. The SMILES string of the molecule is Cc1ccc(C)c(CSc2nc(CC(=O)N3CCN(C4CCCCC4)CC3)cs2)c1. The summed E-state index contributed by atoms with van der Waals surface area (Å²) in [4.78, 5) is 22.2. The molecule has 2 aliphatic rings. The van der Waals surface area contributed by atoms with E-state index in [1.165, 1.54) is 48.8 Å². The minimum atomic E-state index is 0.231. The molecule has 1 aliphatic heterocycles. The molecule has 1 aromatic carbocycles. The summed E-state index contributed by atoms with van der Waals surface area (Å²) in [5.41, 5.74) is 4.91. The minimum Gasteiger partial charge on any atom is -0.340 e. The van der Waals surface area contributed by atoms with E-state index in [0.717, 1.165) is 48.0 Å². The number of hydrogen-bond acceptors (Lipinski definition) is 5. The van der Waals surface area contributed by atoms with Gasteiger partial charge in [-0.05, 0) is 37.8 Å². The predicted molar refractivity (Wildman–Crippen MR) is 126 cm³/mol. The summed E-state index contributed by atoms with van der Waals surface area (Å²) in [7, 11) is 0. The lowest BCUT2D eigenvalue weighted by molar-refractivity contribution is -0.132. The molecule has 0 atom stereocenters. The average molecular weight is 444 g/mol. The molecule has 1 aromatic heterocycles. The summed E-state index contributed by atoms with van der Waals surface area (Å²) in [5.74, 6) is 1.16. The number of thiazole rings is 1. The third-order valence-electron chi connectivity index (χ3n) is 6.48. The molecule has 0 bridgehead atoms. The number of benzene rings is 1. The molecule has 4 rings (SSSR count). The van der Waals surface area contributed by atoms with Gasteiger partial charge in [-0.15, -0.1) is 11.3 Å². The lowest BCUT2D eigenvalue weighted by atomic mass is 9.94. The van der Waals surface area contributed by atoms with Gasteiger partial charge in [0.15, 0.2) is 0 Å². The van der Waals surface area contributed by atoms with Crippen LogP contribution in [0.2, 0.25) is 0 Å². The number of thioether (sulfide) groups is 1. The first-order chi connectivity index (χ1) is 14.6. The van der Waals surface area contributed by atoms with Gasteiger partial charge in [0.25, 0.3) is 0 Å². The monoisotopic (exact) mass is 443 g/mol. The number of nitrogens with zero attached hydrogens (tertiary/aromatic N) is 3. The summed E-state index contributed by atoms with van der Waals surface area (Å²) in [6, 6.07) is 7.36. The lowest BCUT2D eigenvalue weighted by Gasteiger charge is -2.40. The summed E-state index contributed by atoms with van der Waals surface area (Å²) in [5, 5.41) is 2.06. The number of aromatic nitrogens is 1. The maximum Gasteiger partial charge on any atom is 0.228 e. The molecule has 0 unspecified atom stereocenters. The van der Waals surface area contributed by atoms with Crippen molar-refractivity contribution >= 4 is 29.0 Å². The molecular weight excluding hydrogens is 410 g/mol. The van der Waals surface area contributed by atoms with E-state index in [2.05, 4.69) is 42.3 Å². The zero-order chi connectivity index (χ0) is 20.9. The Morgan fingerprint density at radius 1 is 1.13 bits per heavy atom. The van der Waals surface area contributed by atoms with Crippen molar-refractivity contribution in [2.45, 2.75) is 68.5 Å². The van der Waals surface area contributed by atoms with Gasteiger partial charge in [0.1, 0.15) is 4.34 Å². The Bertz CT molecular complexity index is 852. The first-order valence-electron chi connectivity index (χ1n) is 11.2. The molecule has 0 spiro atoms. The normalized spacial score (nSPS) is 18.7. The largest absolute Gasteiger partial charge is 0.340 e. The molecule has 30 heavy (non-hydrogen) atoms. The number of rotatable bonds is 6. The van der Waals surface area contributed by atoms with Crippen molar-refractivity contribution in [3.8, 4) is 0 Å². The van der Waals surface area contributed by atoms with Crippen molar-refractivity contribution < 1.29 is 4.79 Å². The predicted octanol–water partition coefficient (Wildman–Crippen LogP) is 5.07. The van der Waals surface area contributed by atoms with Crippen LogP contribution >= 0.6 is 23.1 Å². The highest BCUT2D eigenvalue weighted by Gasteiger charge is 2.27. The zero-order valence-corrected chi connectivity index (χ0v) is 19.9. The highest BCUT2D eigenvalue weighted by Crippen LogP contribution is 2.28. The highest BCUT2D eigenvalue weighted by molar-refractivity contribution is 8.00. The van der Waals surface area contributed by atoms with E-state index >= 15 is 0 Å². The molecule has 1 saturated carbocycles. The van der Waals surface area contributed by atoms with Crippen LogP contribution in [0.25, 0.3) is 0 Å². The van der Waals surface area contributed by atoms with E-state index in [4.69, 9.17) is 4.98 Å². The van der Waals surface area contributed by atoms with Crippen molar-refractivity contribution in [3.63, 3.8) is 0 Å². The maximum atomic E-state index is 12.8. The maximum absolute atomic E-state index is 12.8. The minimum absolute atomic E-state index is 0.231. The number of aryl methyl sites for hydroxylation is 2. The van der Waals surface area contributed by atoms with E-state index < -0.39 is 0 Å². The summed E-state index contributed by atoms with van der Waals surface area (Å²) >= 11 is 3.43. The van der Waals surface area contributed by atoms with Crippen LogP contribution in [-0.2, 0) is 17.0 Å². The quantitative estimate of drug-likeness (QED) is 0.584. The zero-order valence-electron chi connectivity index (χ0n) is 18.2. The van der Waals surface area contributed by atoms with Gasteiger partial charge < -0.3 is 4.90 Å². The van der Waals surface area contributed by atoms with E-state index in [0.29, 0.717) is 6.42 Å².